The van der Waals surface area contributed by atoms with Crippen molar-refractivity contribution in [3.63, 3.8) is 0 Å². The van der Waals surface area contributed by atoms with Gasteiger partial charge in [0.2, 0.25) is 0 Å². The van der Waals surface area contributed by atoms with E-state index < -0.39 is 10.0 Å². The Morgan fingerprint density at radius 3 is 2.23 bits per heavy atom. The van der Waals surface area contributed by atoms with Crippen LogP contribution in [-0.2, 0) is 10.0 Å². The van der Waals surface area contributed by atoms with Gasteiger partial charge in [0, 0.05) is 10.2 Å². The van der Waals surface area contributed by atoms with Gasteiger partial charge in [0.05, 0.1) is 17.6 Å². The van der Waals surface area contributed by atoms with E-state index in [-0.39, 0.29) is 16.5 Å². The zero-order valence-corrected chi connectivity index (χ0v) is 22.2. The summed E-state index contributed by atoms with van der Waals surface area (Å²) >= 11 is 3.35. The van der Waals surface area contributed by atoms with Crippen molar-refractivity contribution in [2.45, 2.75) is 38.0 Å². The molecule has 0 aliphatic heterocycles. The summed E-state index contributed by atoms with van der Waals surface area (Å²) in [6, 6.07) is 20.2. The van der Waals surface area contributed by atoms with E-state index >= 15 is 0 Å². The lowest BCUT2D eigenvalue weighted by Gasteiger charge is -2.16. The van der Waals surface area contributed by atoms with E-state index in [1.54, 1.807) is 25.1 Å². The molecular weight excluding hydrogens is 528 g/mol. The molecule has 0 aliphatic rings. The van der Waals surface area contributed by atoms with Crippen molar-refractivity contribution in [1.29, 1.82) is 0 Å². The summed E-state index contributed by atoms with van der Waals surface area (Å²) in [6.07, 6.45) is 1.05. The molecule has 4 rings (SSSR count). The first-order chi connectivity index (χ1) is 16.8. The third-order valence-corrected chi connectivity index (χ3v) is 7.50. The first kappa shape index (κ1) is 24.9. The second-order valence-electron chi connectivity index (χ2n) is 8.10. The van der Waals surface area contributed by atoms with Crippen LogP contribution < -0.4 is 14.8 Å². The van der Waals surface area contributed by atoms with Crippen LogP contribution in [0.15, 0.2) is 76.1 Å². The van der Waals surface area contributed by atoms with Crippen LogP contribution in [0.2, 0.25) is 0 Å². The zero-order valence-electron chi connectivity index (χ0n) is 19.7. The number of nitrogens with zero attached hydrogens (tertiary/aromatic N) is 2. The smallest absolute Gasteiger partial charge is 0.266 e. The van der Waals surface area contributed by atoms with Crippen molar-refractivity contribution < 1.29 is 13.2 Å². The Hall–Kier alpha value is -3.17. The van der Waals surface area contributed by atoms with Gasteiger partial charge in [0.15, 0.2) is 11.6 Å². The number of anilines is 3. The quantitative estimate of drug-likeness (QED) is 0.235. The van der Waals surface area contributed by atoms with E-state index in [0.717, 1.165) is 12.1 Å². The fourth-order valence-electron chi connectivity index (χ4n) is 3.57. The van der Waals surface area contributed by atoms with Crippen molar-refractivity contribution >= 4 is 54.3 Å². The molecule has 0 fully saturated rings. The number of nitrogens with one attached hydrogen (secondary N) is 2. The van der Waals surface area contributed by atoms with Crippen LogP contribution in [0.5, 0.6) is 5.75 Å². The lowest BCUT2D eigenvalue weighted by molar-refractivity contribution is 0.331. The van der Waals surface area contributed by atoms with Gasteiger partial charge in [-0.25, -0.2) is 18.4 Å². The monoisotopic (exact) mass is 554 g/mol. The number of fused-ring (bicyclic) bond motifs is 1. The Bertz CT molecular complexity index is 1440. The molecule has 2 N–H and O–H groups in total. The molecule has 0 saturated heterocycles. The number of hydrogen-bond donors (Lipinski definition) is 2. The molecule has 182 valence electrons. The van der Waals surface area contributed by atoms with Crippen molar-refractivity contribution in [3.8, 4) is 5.75 Å². The van der Waals surface area contributed by atoms with Crippen LogP contribution in [0.4, 0.5) is 17.3 Å². The number of benzene rings is 3. The molecule has 4 aromatic rings. The molecule has 0 saturated carbocycles. The highest BCUT2D eigenvalue weighted by molar-refractivity contribution is 9.10. The van der Waals surface area contributed by atoms with E-state index in [9.17, 15) is 8.42 Å². The molecule has 7 nitrogen and oxygen atoms in total. The molecule has 9 heteroatoms. The first-order valence-electron chi connectivity index (χ1n) is 11.4. The normalized spacial score (nSPS) is 12.3. The third kappa shape index (κ3) is 5.74. The van der Waals surface area contributed by atoms with E-state index in [1.807, 2.05) is 30.3 Å². The van der Waals surface area contributed by atoms with Crippen LogP contribution in [0, 0.1) is 0 Å². The molecule has 0 aliphatic carbocycles. The number of para-hydroxylation sites is 2. The van der Waals surface area contributed by atoms with Gasteiger partial charge >= 0.3 is 0 Å². The Morgan fingerprint density at radius 1 is 0.943 bits per heavy atom. The van der Waals surface area contributed by atoms with Gasteiger partial charge in [-0.1, -0.05) is 54.0 Å². The lowest BCUT2D eigenvalue weighted by Crippen LogP contribution is -2.17. The van der Waals surface area contributed by atoms with Crippen LogP contribution >= 0.6 is 15.9 Å². The molecule has 1 atom stereocenters. The maximum atomic E-state index is 13.4. The summed E-state index contributed by atoms with van der Waals surface area (Å²) in [6.45, 7) is 6.47. The third-order valence-electron chi connectivity index (χ3n) is 5.65. The van der Waals surface area contributed by atoms with Crippen molar-refractivity contribution in [3.05, 3.63) is 76.8 Å². The largest absolute Gasteiger partial charge is 0.492 e. The second-order valence-corrected chi connectivity index (χ2v) is 10.7. The Kier molecular flexibility index (Phi) is 7.57. The minimum Gasteiger partial charge on any atom is -0.492 e. The predicted molar refractivity (Wildman–Crippen MR) is 144 cm³/mol. The number of hydrogen-bond acceptors (Lipinski definition) is 6. The van der Waals surface area contributed by atoms with Gasteiger partial charge in [-0.15, -0.1) is 0 Å². The van der Waals surface area contributed by atoms with E-state index in [0.29, 0.717) is 33.8 Å². The number of sulfonamides is 1. The number of halogens is 1. The van der Waals surface area contributed by atoms with Crippen molar-refractivity contribution in [2.75, 3.05) is 16.6 Å². The summed E-state index contributed by atoms with van der Waals surface area (Å²) in [5.74, 6) is 1.11. The fraction of sp³-hybridized carbons (Fsp3) is 0.231. The highest BCUT2D eigenvalue weighted by Gasteiger charge is 2.23. The van der Waals surface area contributed by atoms with E-state index in [2.05, 4.69) is 61.9 Å². The molecular formula is C26H27BrN4O3S. The van der Waals surface area contributed by atoms with Gasteiger partial charge < -0.3 is 10.1 Å². The zero-order chi connectivity index (χ0) is 25.0. The van der Waals surface area contributed by atoms with Crippen LogP contribution in [0.3, 0.4) is 0 Å². The Labute approximate surface area is 214 Å². The predicted octanol–water partition coefficient (Wildman–Crippen LogP) is 6.85. The maximum absolute atomic E-state index is 13.4. The fourth-order valence-corrected chi connectivity index (χ4v) is 5.27. The first-order valence-corrected chi connectivity index (χ1v) is 13.7. The van der Waals surface area contributed by atoms with E-state index in [1.165, 1.54) is 11.6 Å². The number of aromatic nitrogens is 2. The van der Waals surface area contributed by atoms with Gasteiger partial charge in [-0.3, -0.25) is 4.72 Å². The average Bonchev–Trinajstić information content (AvgIpc) is 2.85. The summed E-state index contributed by atoms with van der Waals surface area (Å²) in [5, 5.41) is 3.23. The molecule has 1 aromatic heterocycles. The van der Waals surface area contributed by atoms with Crippen molar-refractivity contribution in [2.24, 2.45) is 0 Å². The molecule has 0 amide bonds. The number of rotatable bonds is 9. The molecule has 0 bridgehead atoms. The van der Waals surface area contributed by atoms with Gasteiger partial charge in [0.1, 0.15) is 10.6 Å². The SMILES string of the molecule is CCOc1ccc(Br)cc1S(=O)(=O)Nc1nc2ccccc2nc1Nc1ccc(C(C)CC)cc1. The van der Waals surface area contributed by atoms with Crippen LogP contribution in [0.25, 0.3) is 11.0 Å². The highest BCUT2D eigenvalue weighted by Crippen LogP contribution is 2.32. The Balaban J connectivity index is 1.74. The Morgan fingerprint density at radius 2 is 1.60 bits per heavy atom. The summed E-state index contributed by atoms with van der Waals surface area (Å²) < 4.78 is 35.7. The molecule has 0 spiro atoms. The average molecular weight is 555 g/mol. The molecule has 1 unspecified atom stereocenters. The van der Waals surface area contributed by atoms with Crippen LogP contribution in [0.1, 0.15) is 38.7 Å². The number of ether oxygens (including phenoxy) is 1. The maximum Gasteiger partial charge on any atom is 0.266 e. The minimum absolute atomic E-state index is 0.00698. The topological polar surface area (TPSA) is 93.2 Å². The lowest BCUT2D eigenvalue weighted by atomic mass is 9.99. The summed E-state index contributed by atoms with van der Waals surface area (Å²) in [4.78, 5) is 9.24. The molecule has 0 radical (unpaired) electrons. The van der Waals surface area contributed by atoms with Gasteiger partial charge in [-0.05, 0) is 67.3 Å². The summed E-state index contributed by atoms with van der Waals surface area (Å²) in [5.41, 5.74) is 3.23. The molecule has 35 heavy (non-hydrogen) atoms. The van der Waals surface area contributed by atoms with Crippen LogP contribution in [-0.4, -0.2) is 25.0 Å². The molecule has 1 heterocycles. The highest BCUT2D eigenvalue weighted by atomic mass is 79.9. The summed E-state index contributed by atoms with van der Waals surface area (Å²) in [7, 11) is -4.04. The van der Waals surface area contributed by atoms with Gasteiger partial charge in [0.25, 0.3) is 10.0 Å². The minimum atomic E-state index is -4.04. The molecule has 3 aromatic carbocycles. The van der Waals surface area contributed by atoms with Crippen molar-refractivity contribution in [1.82, 2.24) is 9.97 Å². The standard InChI is InChI=1S/C26H27BrN4O3S/c1-4-17(3)18-10-13-20(14-11-18)28-25-26(30-22-9-7-6-8-21(22)29-25)31-35(32,33)24-16-19(27)12-15-23(24)34-5-2/h6-17H,4-5H2,1-3H3,(H,28,29)(H,30,31). The second kappa shape index (κ2) is 10.6. The van der Waals surface area contributed by atoms with E-state index in [4.69, 9.17) is 4.74 Å². The van der Waals surface area contributed by atoms with Gasteiger partial charge in [-0.2, -0.15) is 0 Å².